The van der Waals surface area contributed by atoms with Crippen molar-refractivity contribution in [1.82, 2.24) is 0 Å². The second-order valence-corrected chi connectivity index (χ2v) is 3.54. The fourth-order valence-electron chi connectivity index (χ4n) is 1.39. The number of nitrogens with zero attached hydrogens (tertiary/aromatic N) is 1. The van der Waals surface area contributed by atoms with Gasteiger partial charge < -0.3 is 10.5 Å². The van der Waals surface area contributed by atoms with Gasteiger partial charge in [-0.1, -0.05) is 6.07 Å². The summed E-state index contributed by atoms with van der Waals surface area (Å²) in [5.41, 5.74) is 8.59. The van der Waals surface area contributed by atoms with Gasteiger partial charge in [0.25, 0.3) is 0 Å². The zero-order valence-electron chi connectivity index (χ0n) is 9.21. The second kappa shape index (κ2) is 5.26. The van der Waals surface area contributed by atoms with E-state index in [4.69, 9.17) is 15.7 Å². The number of nitrogens with two attached hydrogens (primary N) is 1. The Bertz CT molecular complexity index is 380. The van der Waals surface area contributed by atoms with Crippen LogP contribution < -0.4 is 10.5 Å². The van der Waals surface area contributed by atoms with Crippen molar-refractivity contribution in [3.05, 3.63) is 23.3 Å². The van der Waals surface area contributed by atoms with E-state index in [1.54, 1.807) is 0 Å². The van der Waals surface area contributed by atoms with Crippen molar-refractivity contribution in [3.8, 4) is 11.8 Å². The Morgan fingerprint density at radius 3 is 2.80 bits per heavy atom. The monoisotopic (exact) mass is 204 g/mol. The van der Waals surface area contributed by atoms with Gasteiger partial charge in [0.2, 0.25) is 0 Å². The first-order chi connectivity index (χ1) is 7.16. The highest BCUT2D eigenvalue weighted by Gasteiger charge is 2.06. The van der Waals surface area contributed by atoms with Crippen molar-refractivity contribution >= 4 is 5.69 Å². The van der Waals surface area contributed by atoms with E-state index in [0.717, 1.165) is 29.0 Å². The largest absolute Gasteiger partial charge is 0.493 e. The van der Waals surface area contributed by atoms with E-state index in [1.807, 2.05) is 26.0 Å². The number of anilines is 1. The molecule has 0 atom stereocenters. The summed E-state index contributed by atoms with van der Waals surface area (Å²) in [5.74, 6) is 0.855. The van der Waals surface area contributed by atoms with Crippen molar-refractivity contribution in [2.45, 2.75) is 26.7 Å². The fourth-order valence-corrected chi connectivity index (χ4v) is 1.39. The van der Waals surface area contributed by atoms with Crippen LogP contribution in [-0.4, -0.2) is 6.61 Å². The molecule has 1 aromatic rings. The van der Waals surface area contributed by atoms with E-state index < -0.39 is 0 Å². The molecule has 2 N–H and O–H groups in total. The Morgan fingerprint density at radius 1 is 1.40 bits per heavy atom. The molecule has 0 unspecified atom stereocenters. The van der Waals surface area contributed by atoms with Gasteiger partial charge in [0.1, 0.15) is 5.75 Å². The number of aryl methyl sites for hydroxylation is 1. The third kappa shape index (κ3) is 2.88. The van der Waals surface area contributed by atoms with E-state index in [0.29, 0.717) is 13.0 Å². The van der Waals surface area contributed by atoms with Crippen LogP contribution in [0.3, 0.4) is 0 Å². The van der Waals surface area contributed by atoms with Crippen LogP contribution >= 0.6 is 0 Å². The summed E-state index contributed by atoms with van der Waals surface area (Å²) >= 11 is 0. The zero-order valence-corrected chi connectivity index (χ0v) is 9.21. The molecule has 3 heteroatoms. The van der Waals surface area contributed by atoms with Gasteiger partial charge >= 0.3 is 0 Å². The van der Waals surface area contributed by atoms with Gasteiger partial charge in [-0.2, -0.15) is 5.26 Å². The maximum absolute atomic E-state index is 8.39. The molecule has 1 rings (SSSR count). The highest BCUT2D eigenvalue weighted by atomic mass is 16.5. The molecular formula is C12H16N2O. The average molecular weight is 204 g/mol. The molecule has 3 nitrogen and oxygen atoms in total. The summed E-state index contributed by atoms with van der Waals surface area (Å²) in [5, 5.41) is 8.39. The van der Waals surface area contributed by atoms with Gasteiger partial charge in [-0.25, -0.2) is 0 Å². The molecule has 0 amide bonds. The highest BCUT2D eigenvalue weighted by Crippen LogP contribution is 2.27. The van der Waals surface area contributed by atoms with Crippen LogP contribution in [0.4, 0.5) is 5.69 Å². The van der Waals surface area contributed by atoms with Gasteiger partial charge in [0.05, 0.1) is 12.7 Å². The number of ether oxygens (including phenoxy) is 1. The van der Waals surface area contributed by atoms with Gasteiger partial charge in [0.15, 0.2) is 0 Å². The van der Waals surface area contributed by atoms with E-state index in [9.17, 15) is 0 Å². The third-order valence-corrected chi connectivity index (χ3v) is 2.32. The molecule has 0 saturated carbocycles. The molecule has 0 saturated heterocycles. The summed E-state index contributed by atoms with van der Waals surface area (Å²) in [6.45, 7) is 4.51. The lowest BCUT2D eigenvalue weighted by Gasteiger charge is -2.12. The van der Waals surface area contributed by atoms with Crippen LogP contribution in [0.2, 0.25) is 0 Å². The smallest absolute Gasteiger partial charge is 0.127 e. The zero-order chi connectivity index (χ0) is 11.3. The van der Waals surface area contributed by atoms with Crippen LogP contribution in [0.15, 0.2) is 12.1 Å². The molecular weight excluding hydrogens is 188 g/mol. The lowest BCUT2D eigenvalue weighted by molar-refractivity contribution is 0.309. The third-order valence-electron chi connectivity index (χ3n) is 2.32. The van der Waals surface area contributed by atoms with E-state index in [2.05, 4.69) is 6.07 Å². The minimum absolute atomic E-state index is 0.528. The Morgan fingerprint density at radius 2 is 2.13 bits per heavy atom. The number of hydrogen-bond donors (Lipinski definition) is 1. The van der Waals surface area contributed by atoms with E-state index in [1.165, 1.54) is 0 Å². The standard InChI is InChI=1S/C12H16N2O/c1-9-5-6-11(14)10(2)12(9)15-8-4-3-7-13/h5-6H,3-4,8,14H2,1-2H3. The fraction of sp³-hybridized carbons (Fsp3) is 0.417. The molecule has 1 aromatic carbocycles. The molecule has 0 aliphatic carbocycles. The van der Waals surface area contributed by atoms with Crippen LogP contribution in [0.5, 0.6) is 5.75 Å². The van der Waals surface area contributed by atoms with Crippen molar-refractivity contribution in [3.63, 3.8) is 0 Å². The number of benzene rings is 1. The van der Waals surface area contributed by atoms with Crippen molar-refractivity contribution in [2.24, 2.45) is 0 Å². The van der Waals surface area contributed by atoms with Crippen molar-refractivity contribution in [2.75, 3.05) is 12.3 Å². The number of unbranched alkanes of at least 4 members (excludes halogenated alkanes) is 1. The summed E-state index contributed by atoms with van der Waals surface area (Å²) in [6.07, 6.45) is 1.28. The van der Waals surface area contributed by atoms with Crippen molar-refractivity contribution < 1.29 is 4.74 Å². The molecule has 0 bridgehead atoms. The molecule has 80 valence electrons. The molecule has 0 aliphatic heterocycles. The lowest BCUT2D eigenvalue weighted by atomic mass is 10.1. The van der Waals surface area contributed by atoms with Crippen LogP contribution in [0.1, 0.15) is 24.0 Å². The quantitative estimate of drug-likeness (QED) is 0.605. The van der Waals surface area contributed by atoms with Gasteiger partial charge in [0, 0.05) is 17.7 Å². The molecule has 15 heavy (non-hydrogen) atoms. The van der Waals surface area contributed by atoms with Crippen LogP contribution in [0.25, 0.3) is 0 Å². The minimum atomic E-state index is 0.528. The first-order valence-corrected chi connectivity index (χ1v) is 5.02. The topological polar surface area (TPSA) is 59.0 Å². The minimum Gasteiger partial charge on any atom is -0.493 e. The van der Waals surface area contributed by atoms with Crippen LogP contribution in [-0.2, 0) is 0 Å². The van der Waals surface area contributed by atoms with Gasteiger partial charge in [-0.15, -0.1) is 0 Å². The second-order valence-electron chi connectivity index (χ2n) is 3.54. The number of nitrogen functional groups attached to an aromatic ring is 1. The Balaban J connectivity index is 2.68. The summed E-state index contributed by atoms with van der Waals surface area (Å²) in [6, 6.07) is 5.92. The van der Waals surface area contributed by atoms with E-state index >= 15 is 0 Å². The van der Waals surface area contributed by atoms with Gasteiger partial charge in [-0.3, -0.25) is 0 Å². The predicted molar refractivity (Wildman–Crippen MR) is 60.7 cm³/mol. The average Bonchev–Trinajstić information content (AvgIpc) is 2.23. The molecule has 0 aliphatic rings. The molecule has 0 aromatic heterocycles. The van der Waals surface area contributed by atoms with E-state index in [-0.39, 0.29) is 0 Å². The highest BCUT2D eigenvalue weighted by molar-refractivity contribution is 5.56. The Kier molecular flexibility index (Phi) is 3.99. The molecule has 0 heterocycles. The number of nitriles is 1. The summed E-state index contributed by atoms with van der Waals surface area (Å²) < 4.78 is 5.62. The van der Waals surface area contributed by atoms with Crippen LogP contribution in [0, 0.1) is 25.2 Å². The first kappa shape index (κ1) is 11.4. The summed E-state index contributed by atoms with van der Waals surface area (Å²) in [4.78, 5) is 0. The van der Waals surface area contributed by atoms with Crippen molar-refractivity contribution in [1.29, 1.82) is 5.26 Å². The Labute approximate surface area is 90.5 Å². The SMILES string of the molecule is Cc1ccc(N)c(C)c1OCCCC#N. The van der Waals surface area contributed by atoms with Gasteiger partial charge in [-0.05, 0) is 31.9 Å². The lowest BCUT2D eigenvalue weighted by Crippen LogP contribution is -2.02. The maximum atomic E-state index is 8.39. The normalized spacial score (nSPS) is 9.67. The molecule has 0 fully saturated rings. The number of rotatable bonds is 4. The Hall–Kier alpha value is -1.69. The molecule has 0 spiro atoms. The molecule has 0 radical (unpaired) electrons. The first-order valence-electron chi connectivity index (χ1n) is 5.02. The summed E-state index contributed by atoms with van der Waals surface area (Å²) in [7, 11) is 0. The number of hydrogen-bond acceptors (Lipinski definition) is 3. The predicted octanol–water partition coefficient (Wildman–Crippen LogP) is 2.57. The maximum Gasteiger partial charge on any atom is 0.127 e.